The topological polar surface area (TPSA) is 41.5 Å². The average molecular weight is 237 g/mol. The van der Waals surface area contributed by atoms with E-state index in [0.717, 1.165) is 24.2 Å². The minimum absolute atomic E-state index is 0.457. The van der Waals surface area contributed by atoms with Crippen molar-refractivity contribution < 1.29 is 9.84 Å². The molecule has 0 aliphatic heterocycles. The zero-order valence-electron chi connectivity index (χ0n) is 10.9. The molecule has 0 aliphatic carbocycles. The second kappa shape index (κ2) is 7.30. The minimum Gasteiger partial charge on any atom is -0.497 e. The molecule has 3 heteroatoms. The van der Waals surface area contributed by atoms with Crippen LogP contribution in [0.5, 0.6) is 5.75 Å². The van der Waals surface area contributed by atoms with E-state index in [2.05, 4.69) is 19.2 Å². The van der Waals surface area contributed by atoms with Gasteiger partial charge in [-0.3, -0.25) is 0 Å². The second-order valence-corrected chi connectivity index (χ2v) is 4.21. The molecule has 0 spiro atoms. The first kappa shape index (κ1) is 14.0. The third kappa shape index (κ3) is 4.36. The summed E-state index contributed by atoms with van der Waals surface area (Å²) in [6, 6.07) is 8.03. The summed E-state index contributed by atoms with van der Waals surface area (Å²) in [6.07, 6.45) is 1.72. The largest absolute Gasteiger partial charge is 0.497 e. The van der Waals surface area contributed by atoms with Gasteiger partial charge in [-0.15, -0.1) is 0 Å². The molecule has 0 heterocycles. The van der Waals surface area contributed by atoms with Gasteiger partial charge in [0.05, 0.1) is 13.2 Å². The van der Waals surface area contributed by atoms with Crippen molar-refractivity contribution in [1.82, 2.24) is 5.32 Å². The fraction of sp³-hybridized carbons (Fsp3) is 0.571. The second-order valence-electron chi connectivity index (χ2n) is 4.21. The average Bonchev–Trinajstić information content (AvgIpc) is 2.39. The Morgan fingerprint density at radius 3 is 2.24 bits per heavy atom. The molecule has 0 radical (unpaired) electrons. The Hall–Kier alpha value is -1.06. The number of ether oxygens (including phenoxy) is 1. The number of rotatable bonds is 7. The molecular weight excluding hydrogens is 214 g/mol. The van der Waals surface area contributed by atoms with Gasteiger partial charge in [0.1, 0.15) is 5.75 Å². The third-order valence-corrected chi connectivity index (χ3v) is 3.09. The van der Waals surface area contributed by atoms with Gasteiger partial charge in [0, 0.05) is 12.6 Å². The molecule has 1 rings (SSSR count). The van der Waals surface area contributed by atoms with E-state index in [1.807, 2.05) is 24.3 Å². The Balaban J connectivity index is 2.48. The monoisotopic (exact) mass is 237 g/mol. The number of benzene rings is 1. The molecule has 0 saturated carbocycles. The Morgan fingerprint density at radius 2 is 1.76 bits per heavy atom. The summed E-state index contributed by atoms with van der Waals surface area (Å²) in [5.74, 6) is 0.814. The maximum absolute atomic E-state index is 10.0. The first-order valence-electron chi connectivity index (χ1n) is 6.26. The van der Waals surface area contributed by atoms with Crippen LogP contribution in [0.3, 0.4) is 0 Å². The lowest BCUT2D eigenvalue weighted by Gasteiger charge is -2.18. The van der Waals surface area contributed by atoms with E-state index in [1.54, 1.807) is 7.11 Å². The normalized spacial score (nSPS) is 12.8. The van der Waals surface area contributed by atoms with Crippen LogP contribution < -0.4 is 10.1 Å². The summed E-state index contributed by atoms with van der Waals surface area (Å²) >= 11 is 0. The smallest absolute Gasteiger partial charge is 0.118 e. The molecule has 0 aromatic heterocycles. The molecule has 2 N–H and O–H groups in total. The Kier molecular flexibility index (Phi) is 6.01. The van der Waals surface area contributed by atoms with Crippen LogP contribution in [0.4, 0.5) is 0 Å². The van der Waals surface area contributed by atoms with Gasteiger partial charge in [0.25, 0.3) is 0 Å². The molecule has 1 aromatic carbocycles. The quantitative estimate of drug-likeness (QED) is 0.765. The van der Waals surface area contributed by atoms with E-state index in [-0.39, 0.29) is 0 Å². The van der Waals surface area contributed by atoms with Gasteiger partial charge >= 0.3 is 0 Å². The molecular formula is C14H23NO2. The van der Waals surface area contributed by atoms with Crippen molar-refractivity contribution in [3.05, 3.63) is 29.8 Å². The van der Waals surface area contributed by atoms with Crippen LogP contribution in [0.15, 0.2) is 24.3 Å². The molecule has 1 unspecified atom stereocenters. The number of hydrogen-bond donors (Lipinski definition) is 2. The fourth-order valence-corrected chi connectivity index (χ4v) is 1.80. The Labute approximate surface area is 104 Å². The van der Waals surface area contributed by atoms with Crippen LogP contribution in [-0.4, -0.2) is 24.8 Å². The van der Waals surface area contributed by atoms with Gasteiger partial charge in [-0.2, -0.15) is 0 Å². The van der Waals surface area contributed by atoms with E-state index in [0.29, 0.717) is 12.6 Å². The summed E-state index contributed by atoms with van der Waals surface area (Å²) in [6.45, 7) is 4.90. The molecule has 17 heavy (non-hydrogen) atoms. The lowest BCUT2D eigenvalue weighted by Crippen LogP contribution is -2.31. The van der Waals surface area contributed by atoms with Crippen molar-refractivity contribution in [2.24, 2.45) is 0 Å². The van der Waals surface area contributed by atoms with Crippen molar-refractivity contribution in [1.29, 1.82) is 0 Å². The molecule has 96 valence electrons. The fourth-order valence-electron chi connectivity index (χ4n) is 1.80. The number of nitrogens with one attached hydrogen (secondary N) is 1. The molecule has 0 aliphatic rings. The van der Waals surface area contributed by atoms with Gasteiger partial charge in [0.2, 0.25) is 0 Å². The first-order valence-corrected chi connectivity index (χ1v) is 6.26. The standard InChI is InChI=1S/C14H23NO2/c1-4-12(5-2)15-10-14(16)11-6-8-13(17-3)9-7-11/h6-9,12,14-16H,4-5,10H2,1-3H3. The minimum atomic E-state index is -0.457. The lowest BCUT2D eigenvalue weighted by molar-refractivity contribution is 0.169. The number of aliphatic hydroxyl groups is 1. The van der Waals surface area contributed by atoms with Crippen molar-refractivity contribution >= 4 is 0 Å². The predicted octanol–water partition coefficient (Wildman–Crippen LogP) is 2.51. The third-order valence-electron chi connectivity index (χ3n) is 3.09. The summed E-state index contributed by atoms with van der Waals surface area (Å²) in [5.41, 5.74) is 0.921. The number of methoxy groups -OCH3 is 1. The highest BCUT2D eigenvalue weighted by Gasteiger charge is 2.09. The predicted molar refractivity (Wildman–Crippen MR) is 70.3 cm³/mol. The summed E-state index contributed by atoms with van der Waals surface area (Å²) in [7, 11) is 1.64. The summed E-state index contributed by atoms with van der Waals surface area (Å²) in [5, 5.41) is 13.4. The zero-order valence-corrected chi connectivity index (χ0v) is 10.9. The van der Waals surface area contributed by atoms with E-state index in [9.17, 15) is 5.11 Å². The van der Waals surface area contributed by atoms with Crippen molar-refractivity contribution in [3.63, 3.8) is 0 Å². The molecule has 0 bridgehead atoms. The van der Waals surface area contributed by atoms with Gasteiger partial charge < -0.3 is 15.2 Å². The van der Waals surface area contributed by atoms with E-state index < -0.39 is 6.10 Å². The van der Waals surface area contributed by atoms with Crippen molar-refractivity contribution in [2.75, 3.05) is 13.7 Å². The zero-order chi connectivity index (χ0) is 12.7. The molecule has 0 fully saturated rings. The maximum atomic E-state index is 10.0. The number of hydrogen-bond acceptors (Lipinski definition) is 3. The van der Waals surface area contributed by atoms with Crippen LogP contribution >= 0.6 is 0 Å². The van der Waals surface area contributed by atoms with E-state index in [4.69, 9.17) is 4.74 Å². The van der Waals surface area contributed by atoms with Crippen LogP contribution in [-0.2, 0) is 0 Å². The van der Waals surface area contributed by atoms with Crippen LogP contribution in [0, 0.1) is 0 Å². The molecule has 1 aromatic rings. The van der Waals surface area contributed by atoms with Gasteiger partial charge in [-0.25, -0.2) is 0 Å². The molecule has 0 amide bonds. The Bertz CT molecular complexity index is 307. The highest BCUT2D eigenvalue weighted by molar-refractivity contribution is 5.28. The highest BCUT2D eigenvalue weighted by atomic mass is 16.5. The van der Waals surface area contributed by atoms with Crippen molar-refractivity contribution in [2.45, 2.75) is 38.8 Å². The van der Waals surface area contributed by atoms with Gasteiger partial charge in [-0.05, 0) is 30.5 Å². The van der Waals surface area contributed by atoms with Gasteiger partial charge in [0.15, 0.2) is 0 Å². The van der Waals surface area contributed by atoms with Crippen LogP contribution in [0.2, 0.25) is 0 Å². The lowest BCUT2D eigenvalue weighted by atomic mass is 10.1. The molecule has 0 saturated heterocycles. The molecule has 1 atom stereocenters. The van der Waals surface area contributed by atoms with Crippen LogP contribution in [0.1, 0.15) is 38.4 Å². The van der Waals surface area contributed by atoms with E-state index >= 15 is 0 Å². The SMILES string of the molecule is CCC(CC)NCC(O)c1ccc(OC)cc1. The molecule has 3 nitrogen and oxygen atoms in total. The summed E-state index contributed by atoms with van der Waals surface area (Å²) < 4.78 is 5.08. The highest BCUT2D eigenvalue weighted by Crippen LogP contribution is 2.17. The first-order chi connectivity index (χ1) is 8.21. The van der Waals surface area contributed by atoms with Gasteiger partial charge in [-0.1, -0.05) is 26.0 Å². The summed E-state index contributed by atoms with van der Waals surface area (Å²) in [4.78, 5) is 0. The van der Waals surface area contributed by atoms with Crippen LogP contribution in [0.25, 0.3) is 0 Å². The van der Waals surface area contributed by atoms with E-state index in [1.165, 1.54) is 0 Å². The number of aliphatic hydroxyl groups excluding tert-OH is 1. The van der Waals surface area contributed by atoms with Crippen molar-refractivity contribution in [3.8, 4) is 5.75 Å². The maximum Gasteiger partial charge on any atom is 0.118 e. The Morgan fingerprint density at radius 1 is 1.18 bits per heavy atom.